The minimum absolute atomic E-state index is 0.172. The lowest BCUT2D eigenvalue weighted by molar-refractivity contribution is 0.102. The first-order valence-corrected chi connectivity index (χ1v) is 10.9. The quantitative estimate of drug-likeness (QED) is 0.369. The van der Waals surface area contributed by atoms with Gasteiger partial charge in [-0.1, -0.05) is 35.6 Å². The van der Waals surface area contributed by atoms with Crippen LogP contribution in [0.2, 0.25) is 0 Å². The standard InChI is InChI=1S/C23H17N3OS2/c1-13-7-9-18-21(11-13)29-23(25-18)26-22(27)16-12-19(20-10-8-14(2)28-20)24-17-6-4-3-5-15(16)17/h3-12H,1-2H3,(H,25,26,27). The van der Waals surface area contributed by atoms with E-state index in [1.807, 2.05) is 49.4 Å². The minimum Gasteiger partial charge on any atom is -0.298 e. The highest BCUT2D eigenvalue weighted by molar-refractivity contribution is 7.22. The Hall–Kier alpha value is -3.09. The number of hydrogen-bond acceptors (Lipinski definition) is 5. The molecule has 0 atom stereocenters. The van der Waals surface area contributed by atoms with Gasteiger partial charge in [0.15, 0.2) is 5.13 Å². The Morgan fingerprint density at radius 2 is 1.76 bits per heavy atom. The molecule has 1 amide bonds. The largest absolute Gasteiger partial charge is 0.298 e. The molecule has 0 aliphatic heterocycles. The summed E-state index contributed by atoms with van der Waals surface area (Å²) in [4.78, 5) is 24.8. The van der Waals surface area contributed by atoms with Gasteiger partial charge in [-0.2, -0.15) is 0 Å². The molecule has 0 fully saturated rings. The molecule has 4 nitrogen and oxygen atoms in total. The van der Waals surface area contributed by atoms with Gasteiger partial charge >= 0.3 is 0 Å². The molecule has 142 valence electrons. The van der Waals surface area contributed by atoms with Crippen molar-refractivity contribution in [3.8, 4) is 10.6 Å². The second-order valence-electron chi connectivity index (χ2n) is 6.93. The number of para-hydroxylation sites is 1. The number of nitrogens with one attached hydrogen (secondary N) is 1. The summed E-state index contributed by atoms with van der Waals surface area (Å²) >= 11 is 3.16. The number of thiophene rings is 1. The Labute approximate surface area is 175 Å². The molecule has 3 aromatic heterocycles. The van der Waals surface area contributed by atoms with E-state index < -0.39 is 0 Å². The number of fused-ring (bicyclic) bond motifs is 2. The average Bonchev–Trinajstić information content (AvgIpc) is 3.32. The number of anilines is 1. The Morgan fingerprint density at radius 3 is 2.59 bits per heavy atom. The Morgan fingerprint density at radius 1 is 0.897 bits per heavy atom. The summed E-state index contributed by atoms with van der Waals surface area (Å²) in [5, 5.41) is 4.42. The first kappa shape index (κ1) is 18.0. The second-order valence-corrected chi connectivity index (χ2v) is 9.25. The first-order valence-electron chi connectivity index (χ1n) is 9.22. The van der Waals surface area contributed by atoms with Crippen LogP contribution in [0.1, 0.15) is 20.8 Å². The predicted molar refractivity (Wildman–Crippen MR) is 122 cm³/mol. The fraction of sp³-hybridized carbons (Fsp3) is 0.0870. The molecule has 0 aliphatic rings. The maximum Gasteiger partial charge on any atom is 0.258 e. The van der Waals surface area contributed by atoms with E-state index in [2.05, 4.69) is 35.4 Å². The van der Waals surface area contributed by atoms with Crippen LogP contribution in [-0.4, -0.2) is 15.9 Å². The van der Waals surface area contributed by atoms with Crippen molar-refractivity contribution in [1.29, 1.82) is 0 Å². The van der Waals surface area contributed by atoms with Crippen molar-refractivity contribution < 1.29 is 4.79 Å². The number of amides is 1. The third-order valence-corrected chi connectivity index (χ3v) is 6.67. The van der Waals surface area contributed by atoms with Crippen LogP contribution in [0.15, 0.2) is 60.7 Å². The molecule has 3 heterocycles. The van der Waals surface area contributed by atoms with Crippen molar-refractivity contribution in [2.45, 2.75) is 13.8 Å². The predicted octanol–water partition coefficient (Wildman–Crippen LogP) is 6.44. The van der Waals surface area contributed by atoms with E-state index in [0.29, 0.717) is 10.7 Å². The third kappa shape index (κ3) is 3.41. The van der Waals surface area contributed by atoms with E-state index in [4.69, 9.17) is 4.98 Å². The van der Waals surface area contributed by atoms with E-state index >= 15 is 0 Å². The fourth-order valence-electron chi connectivity index (χ4n) is 3.31. The molecule has 5 rings (SSSR count). The molecule has 1 N–H and O–H groups in total. The van der Waals surface area contributed by atoms with Crippen molar-refractivity contribution in [2.75, 3.05) is 5.32 Å². The van der Waals surface area contributed by atoms with Crippen LogP contribution in [-0.2, 0) is 0 Å². The number of carbonyl (C=O) groups excluding carboxylic acids is 1. The number of hydrogen-bond donors (Lipinski definition) is 1. The van der Waals surface area contributed by atoms with Gasteiger partial charge in [0.1, 0.15) is 0 Å². The fourth-order valence-corrected chi connectivity index (χ4v) is 5.10. The lowest BCUT2D eigenvalue weighted by atomic mass is 10.1. The summed E-state index contributed by atoms with van der Waals surface area (Å²) in [6.07, 6.45) is 0. The first-order chi connectivity index (χ1) is 14.1. The molecule has 2 aromatic carbocycles. The Bertz CT molecular complexity index is 1380. The smallest absolute Gasteiger partial charge is 0.258 e. The summed E-state index contributed by atoms with van der Waals surface area (Å²) in [5.74, 6) is -0.172. The van der Waals surface area contributed by atoms with Gasteiger partial charge in [0.25, 0.3) is 5.91 Å². The van der Waals surface area contributed by atoms with Crippen LogP contribution in [0.5, 0.6) is 0 Å². The van der Waals surface area contributed by atoms with Gasteiger partial charge in [0.05, 0.1) is 31.9 Å². The summed E-state index contributed by atoms with van der Waals surface area (Å²) in [6, 6.07) is 19.8. The number of benzene rings is 2. The zero-order valence-electron chi connectivity index (χ0n) is 15.9. The minimum atomic E-state index is -0.172. The van der Waals surface area contributed by atoms with Gasteiger partial charge < -0.3 is 0 Å². The zero-order chi connectivity index (χ0) is 20.0. The number of aryl methyl sites for hydroxylation is 2. The monoisotopic (exact) mass is 415 g/mol. The maximum atomic E-state index is 13.2. The van der Waals surface area contributed by atoms with E-state index in [1.165, 1.54) is 21.8 Å². The molecule has 5 aromatic rings. The molecular weight excluding hydrogens is 398 g/mol. The van der Waals surface area contributed by atoms with Gasteiger partial charge in [0, 0.05) is 10.3 Å². The molecule has 0 bridgehead atoms. The van der Waals surface area contributed by atoms with Crippen molar-refractivity contribution in [3.63, 3.8) is 0 Å². The van der Waals surface area contributed by atoms with Crippen LogP contribution in [0.4, 0.5) is 5.13 Å². The van der Waals surface area contributed by atoms with Crippen LogP contribution in [0.25, 0.3) is 31.7 Å². The Balaban J connectivity index is 1.57. The second kappa shape index (κ2) is 7.06. The normalized spacial score (nSPS) is 11.2. The highest BCUT2D eigenvalue weighted by atomic mass is 32.1. The summed E-state index contributed by atoms with van der Waals surface area (Å²) in [7, 11) is 0. The van der Waals surface area contributed by atoms with Crippen LogP contribution in [0, 0.1) is 13.8 Å². The summed E-state index contributed by atoms with van der Waals surface area (Å²) in [5.41, 5.74) is 4.29. The molecule has 0 aliphatic carbocycles. The summed E-state index contributed by atoms with van der Waals surface area (Å²) in [6.45, 7) is 4.12. The number of aromatic nitrogens is 2. The SMILES string of the molecule is Cc1ccc2nc(NC(=O)c3cc(-c4ccc(C)s4)nc4ccccc34)sc2c1. The molecule has 0 saturated carbocycles. The molecule has 0 radical (unpaired) electrons. The van der Waals surface area contributed by atoms with Gasteiger partial charge in [0.2, 0.25) is 0 Å². The summed E-state index contributed by atoms with van der Waals surface area (Å²) < 4.78 is 1.06. The van der Waals surface area contributed by atoms with Crippen LogP contribution >= 0.6 is 22.7 Å². The molecule has 0 saturated heterocycles. The average molecular weight is 416 g/mol. The van der Waals surface area contributed by atoms with Crippen molar-refractivity contribution >= 4 is 54.8 Å². The number of nitrogens with zero attached hydrogens (tertiary/aromatic N) is 2. The van der Waals surface area contributed by atoms with E-state index in [9.17, 15) is 4.79 Å². The number of thiazole rings is 1. The Kier molecular flexibility index (Phi) is 4.38. The van der Waals surface area contributed by atoms with Gasteiger partial charge in [-0.15, -0.1) is 11.3 Å². The van der Waals surface area contributed by atoms with Gasteiger partial charge in [-0.05, 0) is 55.8 Å². The van der Waals surface area contributed by atoms with E-state index in [0.717, 1.165) is 31.7 Å². The van der Waals surface area contributed by atoms with Crippen LogP contribution < -0.4 is 5.32 Å². The molecule has 6 heteroatoms. The maximum absolute atomic E-state index is 13.2. The third-order valence-electron chi connectivity index (χ3n) is 4.72. The number of rotatable bonds is 3. The lowest BCUT2D eigenvalue weighted by Crippen LogP contribution is -2.12. The van der Waals surface area contributed by atoms with Crippen molar-refractivity contribution in [3.05, 3.63) is 76.7 Å². The zero-order valence-corrected chi connectivity index (χ0v) is 17.5. The molecule has 0 spiro atoms. The van der Waals surface area contributed by atoms with Crippen LogP contribution in [0.3, 0.4) is 0 Å². The molecule has 29 heavy (non-hydrogen) atoms. The topological polar surface area (TPSA) is 54.9 Å². The van der Waals surface area contributed by atoms with Crippen molar-refractivity contribution in [2.24, 2.45) is 0 Å². The highest BCUT2D eigenvalue weighted by Crippen LogP contribution is 2.31. The van der Waals surface area contributed by atoms with E-state index in [-0.39, 0.29) is 5.91 Å². The number of carbonyl (C=O) groups is 1. The highest BCUT2D eigenvalue weighted by Gasteiger charge is 2.16. The van der Waals surface area contributed by atoms with Crippen molar-refractivity contribution in [1.82, 2.24) is 9.97 Å². The number of pyridine rings is 1. The molecule has 0 unspecified atom stereocenters. The molecular formula is C23H17N3OS2. The van der Waals surface area contributed by atoms with Gasteiger partial charge in [-0.3, -0.25) is 10.1 Å². The van der Waals surface area contributed by atoms with E-state index in [1.54, 1.807) is 11.3 Å². The van der Waals surface area contributed by atoms with Gasteiger partial charge in [-0.25, -0.2) is 9.97 Å². The lowest BCUT2D eigenvalue weighted by Gasteiger charge is -2.08.